The first-order valence-corrected chi connectivity index (χ1v) is 4.70. The summed E-state index contributed by atoms with van der Waals surface area (Å²) in [6.07, 6.45) is 1.88. The van der Waals surface area contributed by atoms with Gasteiger partial charge in [-0.05, 0) is 30.7 Å². The molecule has 80 valence electrons. The summed E-state index contributed by atoms with van der Waals surface area (Å²) in [4.78, 5) is 11.3. The first-order chi connectivity index (χ1) is 6.74. The molecule has 0 heterocycles. The zero-order chi connectivity index (χ0) is 10.4. The Balaban J connectivity index is 0. The van der Waals surface area contributed by atoms with Gasteiger partial charge in [0, 0.05) is 0 Å². The van der Waals surface area contributed by atoms with E-state index < -0.39 is 0 Å². The van der Waals surface area contributed by atoms with Crippen LogP contribution in [0.1, 0.15) is 30.1 Å². The number of carbonyl (C=O) groups is 1. The van der Waals surface area contributed by atoms with E-state index in [1.807, 2.05) is 6.92 Å². The van der Waals surface area contributed by atoms with Gasteiger partial charge in [-0.2, -0.15) is 0 Å². The zero-order valence-electron chi connectivity index (χ0n) is 8.19. The summed E-state index contributed by atoms with van der Waals surface area (Å²) in [7, 11) is 0. The van der Waals surface area contributed by atoms with E-state index >= 15 is 0 Å². The third-order valence-corrected chi connectivity index (χ3v) is 1.83. The Morgan fingerprint density at radius 3 is 2.31 bits per heavy atom. The van der Waals surface area contributed by atoms with E-state index in [1.54, 1.807) is 12.1 Å². The van der Waals surface area contributed by atoms with Crippen molar-refractivity contribution in [3.05, 3.63) is 29.8 Å². The average molecular weight is 242 g/mol. The third-order valence-electron chi connectivity index (χ3n) is 1.83. The van der Waals surface area contributed by atoms with Crippen molar-refractivity contribution in [2.75, 3.05) is 6.61 Å². The molecule has 0 spiro atoms. The van der Waals surface area contributed by atoms with Crippen LogP contribution in [0.5, 0.6) is 5.75 Å². The summed E-state index contributed by atoms with van der Waals surface area (Å²) in [6, 6.07) is 6.03. The predicted molar refractivity (Wildman–Crippen MR) is 67.6 cm³/mol. The van der Waals surface area contributed by atoms with Crippen molar-refractivity contribution in [1.29, 1.82) is 0 Å². The summed E-state index contributed by atoms with van der Waals surface area (Å²) in [5.41, 5.74) is 0.471. The molecule has 1 N–H and O–H groups in total. The molecule has 0 aliphatic carbocycles. The van der Waals surface area contributed by atoms with Gasteiger partial charge in [0.05, 0.1) is 12.2 Å². The van der Waals surface area contributed by atoms with E-state index in [9.17, 15) is 4.79 Å². The molecule has 0 aliphatic rings. The number of benzene rings is 1. The molecule has 0 atom stereocenters. The second-order valence-corrected chi connectivity index (χ2v) is 3.04. The Bertz CT molecular complexity index is 299. The van der Waals surface area contributed by atoms with Crippen molar-refractivity contribution in [3.63, 3.8) is 0 Å². The van der Waals surface area contributed by atoms with E-state index in [0.29, 0.717) is 12.2 Å². The van der Waals surface area contributed by atoms with Gasteiger partial charge in [0.25, 0.3) is 0 Å². The predicted octanol–water partition coefficient (Wildman–Crippen LogP) is 1.05. The maximum absolute atomic E-state index is 11.3. The second kappa shape index (κ2) is 10.6. The van der Waals surface area contributed by atoms with E-state index in [4.69, 9.17) is 9.84 Å². The quantitative estimate of drug-likeness (QED) is 0.487. The van der Waals surface area contributed by atoms with Gasteiger partial charge < -0.3 is 9.84 Å². The minimum atomic E-state index is -0.335. The summed E-state index contributed by atoms with van der Waals surface area (Å²) >= 11 is 0. The molecule has 0 saturated carbocycles. The summed E-state index contributed by atoms with van der Waals surface area (Å²) in [6.45, 7) is 2.49. The summed E-state index contributed by atoms with van der Waals surface area (Å²) < 4.78 is 4.99. The van der Waals surface area contributed by atoms with Crippen LogP contribution in [0.3, 0.4) is 0 Å². The van der Waals surface area contributed by atoms with Crippen LogP contribution in [-0.4, -0.2) is 76.8 Å². The standard InChI is InChI=1S/C11H14O3.2Na.2H/c1-2-3-8-14-11(13)9-4-6-10(12)7-5-9;;;;/h4-7,12H,2-3,8H2,1H3;;;;. The Kier molecular flexibility index (Phi) is 12.5. The summed E-state index contributed by atoms with van der Waals surface area (Å²) in [5.74, 6) is -0.187. The molecule has 1 rings (SSSR count). The first-order valence-electron chi connectivity index (χ1n) is 4.70. The Labute approximate surface area is 140 Å². The number of hydrogen-bond acceptors (Lipinski definition) is 3. The van der Waals surface area contributed by atoms with Crippen LogP contribution in [0.15, 0.2) is 24.3 Å². The van der Waals surface area contributed by atoms with Gasteiger partial charge >= 0.3 is 65.1 Å². The van der Waals surface area contributed by atoms with E-state index in [1.165, 1.54) is 12.1 Å². The molecule has 0 aromatic heterocycles. The molecule has 1 aromatic rings. The number of unbranched alkanes of at least 4 members (excludes halogenated alkanes) is 1. The van der Waals surface area contributed by atoms with E-state index in [0.717, 1.165) is 12.8 Å². The van der Waals surface area contributed by atoms with E-state index in [-0.39, 0.29) is 70.8 Å². The third kappa shape index (κ3) is 6.94. The second-order valence-electron chi connectivity index (χ2n) is 3.04. The van der Waals surface area contributed by atoms with Gasteiger partial charge in [0.15, 0.2) is 0 Å². The van der Waals surface area contributed by atoms with Crippen molar-refractivity contribution in [2.24, 2.45) is 0 Å². The Hall–Kier alpha value is 0.490. The number of ether oxygens (including phenoxy) is 1. The van der Waals surface area contributed by atoms with Crippen molar-refractivity contribution >= 4 is 65.1 Å². The number of carbonyl (C=O) groups excluding carboxylic acids is 1. The zero-order valence-corrected chi connectivity index (χ0v) is 8.19. The number of aromatic hydroxyl groups is 1. The van der Waals surface area contributed by atoms with Gasteiger partial charge in [-0.25, -0.2) is 4.79 Å². The van der Waals surface area contributed by atoms with Crippen LogP contribution >= 0.6 is 0 Å². The van der Waals surface area contributed by atoms with Crippen LogP contribution in [0.4, 0.5) is 0 Å². The minimum absolute atomic E-state index is 0. The number of phenols is 1. The Morgan fingerprint density at radius 1 is 1.25 bits per heavy atom. The fourth-order valence-electron chi connectivity index (χ4n) is 0.990. The molecule has 0 saturated heterocycles. The van der Waals surface area contributed by atoms with Gasteiger partial charge in [0.1, 0.15) is 5.75 Å². The fraction of sp³-hybridized carbons (Fsp3) is 0.364. The van der Waals surface area contributed by atoms with Gasteiger partial charge in [0.2, 0.25) is 0 Å². The number of rotatable bonds is 4. The molecule has 3 nitrogen and oxygen atoms in total. The van der Waals surface area contributed by atoms with Crippen LogP contribution in [0.2, 0.25) is 0 Å². The van der Waals surface area contributed by atoms with Crippen LogP contribution in [-0.2, 0) is 4.74 Å². The normalized spacial score (nSPS) is 8.56. The van der Waals surface area contributed by atoms with Crippen molar-refractivity contribution < 1.29 is 14.6 Å². The number of hydrogen-bond donors (Lipinski definition) is 1. The van der Waals surface area contributed by atoms with Gasteiger partial charge in [-0.15, -0.1) is 0 Å². The van der Waals surface area contributed by atoms with Gasteiger partial charge in [-0.3, -0.25) is 0 Å². The fourth-order valence-corrected chi connectivity index (χ4v) is 0.990. The molecule has 0 unspecified atom stereocenters. The average Bonchev–Trinajstić information content (AvgIpc) is 2.19. The molecule has 0 aliphatic heterocycles. The molecular weight excluding hydrogens is 226 g/mol. The van der Waals surface area contributed by atoms with Crippen LogP contribution < -0.4 is 0 Å². The first kappa shape index (κ1) is 18.8. The van der Waals surface area contributed by atoms with Crippen molar-refractivity contribution in [1.82, 2.24) is 0 Å². The molecule has 0 amide bonds. The Morgan fingerprint density at radius 2 is 1.81 bits per heavy atom. The topological polar surface area (TPSA) is 46.5 Å². The van der Waals surface area contributed by atoms with Crippen LogP contribution in [0.25, 0.3) is 0 Å². The SMILES string of the molecule is CCCCOC(=O)c1ccc(O)cc1.[NaH].[NaH]. The monoisotopic (exact) mass is 242 g/mol. The van der Waals surface area contributed by atoms with Crippen molar-refractivity contribution in [2.45, 2.75) is 19.8 Å². The van der Waals surface area contributed by atoms with Gasteiger partial charge in [-0.1, -0.05) is 13.3 Å². The van der Waals surface area contributed by atoms with Crippen molar-refractivity contribution in [3.8, 4) is 5.75 Å². The number of phenolic OH excluding ortho intramolecular Hbond substituents is 1. The van der Waals surface area contributed by atoms with E-state index in [2.05, 4.69) is 0 Å². The summed E-state index contributed by atoms with van der Waals surface area (Å²) in [5, 5.41) is 9.00. The molecule has 16 heavy (non-hydrogen) atoms. The maximum atomic E-state index is 11.3. The molecular formula is C11H16Na2O3. The molecule has 0 bridgehead atoms. The molecule has 0 fully saturated rings. The van der Waals surface area contributed by atoms with Crippen LogP contribution in [0, 0.1) is 0 Å². The molecule has 5 heteroatoms. The molecule has 1 aromatic carbocycles. The molecule has 0 radical (unpaired) electrons. The number of esters is 1.